The van der Waals surface area contributed by atoms with Gasteiger partial charge < -0.3 is 0 Å². The van der Waals surface area contributed by atoms with Crippen LogP contribution < -0.4 is 0 Å². The third-order valence-corrected chi connectivity index (χ3v) is 7.23. The first-order valence-electron chi connectivity index (χ1n) is 9.82. The van der Waals surface area contributed by atoms with Crippen LogP contribution in [0.3, 0.4) is 0 Å². The molecule has 0 saturated heterocycles. The number of aliphatic imine (C=N–C) groups is 1. The Kier molecular flexibility index (Phi) is 4.36. The lowest BCUT2D eigenvalue weighted by Gasteiger charge is -2.20. The average molecular weight is 487 g/mol. The summed E-state index contributed by atoms with van der Waals surface area (Å²) in [5.74, 6) is -0.900. The minimum absolute atomic E-state index is 0.188. The molecule has 1 fully saturated rings. The predicted molar refractivity (Wildman–Crippen MR) is 119 cm³/mol. The van der Waals surface area contributed by atoms with Crippen molar-refractivity contribution < 1.29 is 18.0 Å². The van der Waals surface area contributed by atoms with Gasteiger partial charge in [-0.3, -0.25) is 10.2 Å². The number of aromatic nitrogens is 3. The largest absolute Gasteiger partial charge is 0.441 e. The lowest BCUT2D eigenvalue weighted by Crippen LogP contribution is -2.35. The van der Waals surface area contributed by atoms with E-state index in [9.17, 15) is 18.0 Å². The van der Waals surface area contributed by atoms with E-state index in [2.05, 4.69) is 15.2 Å². The molecule has 0 atom stereocenters. The Morgan fingerprint density at radius 3 is 2.64 bits per heavy atom. The van der Waals surface area contributed by atoms with Crippen LogP contribution in [0, 0.1) is 5.41 Å². The lowest BCUT2D eigenvalue weighted by atomic mass is 10.1. The van der Waals surface area contributed by atoms with E-state index in [0.717, 1.165) is 28.4 Å². The highest BCUT2D eigenvalue weighted by molar-refractivity contribution is 8.27. The van der Waals surface area contributed by atoms with Gasteiger partial charge in [-0.05, 0) is 30.7 Å². The molecule has 2 aliphatic heterocycles. The number of alkyl halides is 3. The van der Waals surface area contributed by atoms with Crippen molar-refractivity contribution in [3.8, 4) is 11.3 Å². The van der Waals surface area contributed by atoms with E-state index in [0.29, 0.717) is 22.3 Å². The number of hydrogen-bond acceptors (Lipinski definition) is 7. The van der Waals surface area contributed by atoms with Crippen molar-refractivity contribution in [1.82, 2.24) is 19.6 Å². The topological polar surface area (TPSA) is 99.1 Å². The molecule has 166 valence electrons. The summed E-state index contributed by atoms with van der Waals surface area (Å²) >= 11 is 1.68. The van der Waals surface area contributed by atoms with Gasteiger partial charge in [0.1, 0.15) is 5.01 Å². The number of nitrogens with zero attached hydrogens (tertiary/aromatic N) is 6. The fraction of sp³-hybridized carbons (Fsp3) is 0.200. The second kappa shape index (κ2) is 7.09. The lowest BCUT2D eigenvalue weighted by molar-refractivity contribution is -0.114. The van der Waals surface area contributed by atoms with Crippen LogP contribution in [-0.2, 0) is 4.79 Å². The first kappa shape index (κ1) is 20.3. The summed E-state index contributed by atoms with van der Waals surface area (Å²) in [5.41, 5.74) is 1.60. The second-order valence-electron chi connectivity index (χ2n) is 7.54. The van der Waals surface area contributed by atoms with Gasteiger partial charge in [-0.1, -0.05) is 41.7 Å². The number of imidazole rings is 1. The van der Waals surface area contributed by atoms with E-state index >= 15 is 0 Å². The van der Waals surface area contributed by atoms with Crippen molar-refractivity contribution in [2.45, 2.75) is 24.9 Å². The number of amidine groups is 2. The molecule has 0 bridgehead atoms. The van der Waals surface area contributed by atoms with Crippen LogP contribution in [0.5, 0.6) is 0 Å². The van der Waals surface area contributed by atoms with E-state index in [1.807, 2.05) is 30.3 Å². The minimum Gasteiger partial charge on any atom is -0.282 e. The van der Waals surface area contributed by atoms with Crippen LogP contribution in [0.15, 0.2) is 46.0 Å². The number of thioether (sulfide) groups is 1. The molecule has 8 nitrogen and oxygen atoms in total. The average Bonchev–Trinajstić information content (AvgIpc) is 3.24. The number of benzene rings is 1. The number of hydrogen-bond donors (Lipinski definition) is 1. The molecule has 3 aliphatic rings. The molecule has 3 aromatic rings. The fourth-order valence-corrected chi connectivity index (χ4v) is 5.29. The zero-order valence-electron chi connectivity index (χ0n) is 16.5. The number of hydrazone groups is 1. The number of fused-ring (bicyclic) bond motifs is 2. The molecule has 13 heteroatoms. The van der Waals surface area contributed by atoms with Crippen molar-refractivity contribution in [3.05, 3.63) is 46.6 Å². The Morgan fingerprint density at radius 2 is 1.94 bits per heavy atom. The normalized spacial score (nSPS) is 20.0. The number of nitrogens with one attached hydrogen (secondary N) is 1. The van der Waals surface area contributed by atoms with Crippen molar-refractivity contribution in [2.75, 3.05) is 0 Å². The highest BCUT2D eigenvalue weighted by Gasteiger charge is 2.46. The molecule has 6 rings (SSSR count). The Balaban J connectivity index is 1.49. The summed E-state index contributed by atoms with van der Waals surface area (Å²) in [6, 6.07) is 9.28. The van der Waals surface area contributed by atoms with Crippen LogP contribution in [0.1, 0.15) is 29.5 Å². The molecule has 0 unspecified atom stereocenters. The van der Waals surface area contributed by atoms with Gasteiger partial charge in [0.05, 0.1) is 17.0 Å². The standard InChI is InChI=1S/C20H12F3N7OS2/c21-20(22,23)17-28-30-14(24)11(15(31)26-19(30)33-17)8-12-13(9-4-2-1-3-5-9)25-18-29(12)27-16(32-18)10-6-7-10/h1-5,8,10,24H,6-7H2/b11-8-,24-14?. The van der Waals surface area contributed by atoms with Gasteiger partial charge in [-0.15, -0.1) is 0 Å². The summed E-state index contributed by atoms with van der Waals surface area (Å²) < 4.78 is 40.9. The van der Waals surface area contributed by atoms with E-state index in [1.54, 1.807) is 4.52 Å². The maximum Gasteiger partial charge on any atom is 0.441 e. The molecule has 33 heavy (non-hydrogen) atoms. The van der Waals surface area contributed by atoms with Crippen molar-refractivity contribution in [1.29, 1.82) is 5.41 Å². The first-order chi connectivity index (χ1) is 15.8. The summed E-state index contributed by atoms with van der Waals surface area (Å²) in [4.78, 5) is 21.8. The van der Waals surface area contributed by atoms with Gasteiger partial charge >= 0.3 is 6.18 Å². The summed E-state index contributed by atoms with van der Waals surface area (Å²) in [7, 11) is 0. The SMILES string of the molecule is N=C1/C(=C/c2c(-c3ccccc3)nc3sc(C4CC4)nn23)C(=O)N=C2SC(C(F)(F)F)=NN12. The van der Waals surface area contributed by atoms with Crippen LogP contribution in [-0.4, -0.2) is 47.7 Å². The summed E-state index contributed by atoms with van der Waals surface area (Å²) in [6.45, 7) is 0. The van der Waals surface area contributed by atoms with E-state index in [1.165, 1.54) is 17.4 Å². The first-order valence-corrected chi connectivity index (χ1v) is 11.4. The van der Waals surface area contributed by atoms with Crippen LogP contribution in [0.25, 0.3) is 22.3 Å². The number of rotatable bonds is 3. The van der Waals surface area contributed by atoms with Crippen molar-refractivity contribution >= 4 is 56.1 Å². The molecule has 0 spiro atoms. The van der Waals surface area contributed by atoms with E-state index in [4.69, 9.17) is 10.4 Å². The molecule has 1 aliphatic carbocycles. The molecule has 1 amide bonds. The zero-order chi connectivity index (χ0) is 22.9. The van der Waals surface area contributed by atoms with Crippen LogP contribution >= 0.6 is 23.1 Å². The van der Waals surface area contributed by atoms with Gasteiger partial charge in [-0.25, -0.2) is 9.50 Å². The Bertz CT molecular complexity index is 1430. The monoisotopic (exact) mass is 487 g/mol. The third-order valence-electron chi connectivity index (χ3n) is 5.21. The minimum atomic E-state index is -4.70. The number of carbonyl (C=O) groups is 1. The fourth-order valence-electron chi connectivity index (χ4n) is 3.46. The molecule has 1 saturated carbocycles. The van der Waals surface area contributed by atoms with Crippen LogP contribution in [0.2, 0.25) is 0 Å². The van der Waals surface area contributed by atoms with E-state index < -0.39 is 23.0 Å². The van der Waals surface area contributed by atoms with Crippen LogP contribution in [0.4, 0.5) is 13.2 Å². The van der Waals surface area contributed by atoms with E-state index in [-0.39, 0.29) is 22.5 Å². The Labute approximate surface area is 192 Å². The van der Waals surface area contributed by atoms with Gasteiger partial charge in [0.25, 0.3) is 5.91 Å². The Morgan fingerprint density at radius 1 is 1.18 bits per heavy atom. The highest BCUT2D eigenvalue weighted by atomic mass is 32.2. The predicted octanol–water partition coefficient (Wildman–Crippen LogP) is 4.52. The van der Waals surface area contributed by atoms with Gasteiger partial charge in [0.2, 0.25) is 15.2 Å². The quantitative estimate of drug-likeness (QED) is 0.548. The van der Waals surface area contributed by atoms with Gasteiger partial charge in [0.15, 0.2) is 5.84 Å². The van der Waals surface area contributed by atoms with Crippen molar-refractivity contribution in [3.63, 3.8) is 0 Å². The molecule has 1 N–H and O–H groups in total. The third kappa shape index (κ3) is 3.38. The van der Waals surface area contributed by atoms with Crippen molar-refractivity contribution in [2.24, 2.45) is 10.1 Å². The molecular weight excluding hydrogens is 475 g/mol. The molecule has 1 aromatic carbocycles. The zero-order valence-corrected chi connectivity index (χ0v) is 18.1. The van der Waals surface area contributed by atoms with Gasteiger partial charge in [0, 0.05) is 11.5 Å². The summed E-state index contributed by atoms with van der Waals surface area (Å²) in [5, 5.41) is 16.7. The molecular formula is C20H12F3N7OS2. The maximum atomic E-state index is 13.1. The maximum absolute atomic E-state index is 13.1. The molecule has 4 heterocycles. The van der Waals surface area contributed by atoms with Gasteiger partial charge in [-0.2, -0.15) is 33.4 Å². The number of halogens is 3. The second-order valence-corrected chi connectivity index (χ2v) is 9.49. The molecule has 0 radical (unpaired) electrons. The summed E-state index contributed by atoms with van der Waals surface area (Å²) in [6.07, 6.45) is -1.16. The highest BCUT2D eigenvalue weighted by Crippen LogP contribution is 2.43. The Hall–Kier alpha value is -3.32. The number of amides is 1. The smallest absolute Gasteiger partial charge is 0.282 e. The molecule has 2 aromatic heterocycles. The number of carbonyl (C=O) groups excluding carboxylic acids is 1.